The fourth-order valence-corrected chi connectivity index (χ4v) is 2.47. The third-order valence-corrected chi connectivity index (χ3v) is 3.07. The minimum atomic E-state index is 0.906. The van der Waals surface area contributed by atoms with Crippen molar-refractivity contribution in [1.29, 1.82) is 0 Å². The highest BCUT2D eigenvalue weighted by molar-refractivity contribution is 4.91. The topological polar surface area (TPSA) is 0 Å². The van der Waals surface area contributed by atoms with E-state index in [9.17, 15) is 0 Å². The lowest BCUT2D eigenvalue weighted by Gasteiger charge is -2.29. The Balaban J connectivity index is 0. The smallest absolute Gasteiger partial charge is 0.0205 e. The summed E-state index contributed by atoms with van der Waals surface area (Å²) in [6.07, 6.45) is 13.3. The summed E-state index contributed by atoms with van der Waals surface area (Å²) in [4.78, 5) is 0. The van der Waals surface area contributed by atoms with Crippen LogP contribution in [0.1, 0.15) is 80.1 Å². The Kier molecular flexibility index (Phi) is 16.7. The summed E-state index contributed by atoms with van der Waals surface area (Å²) in [5.41, 5.74) is 0. The second-order valence-electron chi connectivity index (χ2n) is 4.02. The average molecular weight is 226 g/mol. The first-order valence-corrected chi connectivity index (χ1v) is 7.51. The first kappa shape index (κ1) is 18.1. The Bertz CT molecular complexity index is 133. The summed E-state index contributed by atoms with van der Waals surface area (Å²) in [5.74, 6) is 1.91. The summed E-state index contributed by atoms with van der Waals surface area (Å²) < 4.78 is 0. The Morgan fingerprint density at radius 2 is 1.56 bits per heavy atom. The molecule has 2 unspecified atom stereocenters. The van der Waals surface area contributed by atoms with Gasteiger partial charge in [-0.15, -0.1) is 0 Å². The van der Waals surface area contributed by atoms with Gasteiger partial charge in [0.1, 0.15) is 0 Å². The molecular formula is C16H34. The van der Waals surface area contributed by atoms with Crippen LogP contribution in [0, 0.1) is 11.8 Å². The van der Waals surface area contributed by atoms with Crippen LogP contribution in [-0.2, 0) is 0 Å². The summed E-state index contributed by atoms with van der Waals surface area (Å²) in [7, 11) is 0. The zero-order valence-corrected chi connectivity index (χ0v) is 12.6. The maximum atomic E-state index is 2.43. The molecule has 0 spiro atoms. The van der Waals surface area contributed by atoms with E-state index in [-0.39, 0.29) is 0 Å². The van der Waals surface area contributed by atoms with Gasteiger partial charge in [0.2, 0.25) is 0 Å². The van der Waals surface area contributed by atoms with Crippen LogP contribution in [0.15, 0.2) is 12.2 Å². The van der Waals surface area contributed by atoms with Crippen LogP contribution in [0.2, 0.25) is 0 Å². The lowest BCUT2D eigenvalue weighted by molar-refractivity contribution is 0.266. The molecule has 2 atom stereocenters. The highest BCUT2D eigenvalue weighted by atomic mass is 14.3. The SMILES string of the molecule is C/C=C\C1CCCCC1CCC.CC.CC. The third kappa shape index (κ3) is 7.96. The van der Waals surface area contributed by atoms with Crippen LogP contribution in [0.4, 0.5) is 0 Å². The van der Waals surface area contributed by atoms with E-state index in [4.69, 9.17) is 0 Å². The van der Waals surface area contributed by atoms with E-state index in [1.807, 2.05) is 27.7 Å². The molecule has 0 nitrogen and oxygen atoms in total. The van der Waals surface area contributed by atoms with Gasteiger partial charge in [-0.1, -0.05) is 72.5 Å². The standard InChI is InChI=1S/C12H22.2C2H6/c1-3-7-11-9-5-6-10-12(11)8-4-2;2*1-2/h3,7,11-12H,4-6,8-10H2,1-2H3;2*1-2H3/b7-3-;;. The lowest BCUT2D eigenvalue weighted by atomic mass is 9.77. The third-order valence-electron chi connectivity index (χ3n) is 3.07. The molecule has 98 valence electrons. The molecule has 0 N–H and O–H groups in total. The molecule has 1 fully saturated rings. The van der Waals surface area contributed by atoms with E-state index < -0.39 is 0 Å². The molecule has 0 aromatic rings. The van der Waals surface area contributed by atoms with Gasteiger partial charge in [-0.25, -0.2) is 0 Å². The molecule has 0 bridgehead atoms. The maximum Gasteiger partial charge on any atom is -0.0205 e. The molecule has 0 aliphatic heterocycles. The van der Waals surface area contributed by atoms with E-state index in [2.05, 4.69) is 26.0 Å². The van der Waals surface area contributed by atoms with E-state index in [1.54, 1.807) is 0 Å². The van der Waals surface area contributed by atoms with Crippen LogP contribution in [0.3, 0.4) is 0 Å². The fourth-order valence-electron chi connectivity index (χ4n) is 2.47. The van der Waals surface area contributed by atoms with Crippen LogP contribution < -0.4 is 0 Å². The van der Waals surface area contributed by atoms with Crippen molar-refractivity contribution in [2.45, 2.75) is 80.1 Å². The molecule has 0 heterocycles. The van der Waals surface area contributed by atoms with Gasteiger partial charge in [-0.2, -0.15) is 0 Å². The quantitative estimate of drug-likeness (QED) is 0.501. The highest BCUT2D eigenvalue weighted by Crippen LogP contribution is 2.33. The van der Waals surface area contributed by atoms with Crippen molar-refractivity contribution in [1.82, 2.24) is 0 Å². The van der Waals surface area contributed by atoms with Crippen molar-refractivity contribution in [2.24, 2.45) is 11.8 Å². The largest absolute Gasteiger partial charge is 0.0914 e. The zero-order valence-electron chi connectivity index (χ0n) is 12.6. The minimum Gasteiger partial charge on any atom is -0.0914 e. The second-order valence-corrected chi connectivity index (χ2v) is 4.02. The first-order chi connectivity index (χ1) is 7.88. The molecule has 0 saturated heterocycles. The molecule has 1 aliphatic rings. The van der Waals surface area contributed by atoms with E-state index in [1.165, 1.54) is 38.5 Å². The molecule has 0 aromatic heterocycles. The summed E-state index contributed by atoms with van der Waals surface area (Å²) >= 11 is 0. The van der Waals surface area contributed by atoms with Crippen LogP contribution in [0.5, 0.6) is 0 Å². The monoisotopic (exact) mass is 226 g/mol. The predicted molar refractivity (Wildman–Crippen MR) is 77.9 cm³/mol. The Morgan fingerprint density at radius 3 is 2.06 bits per heavy atom. The summed E-state index contributed by atoms with van der Waals surface area (Å²) in [6.45, 7) is 12.5. The Labute approximate surface area is 105 Å². The highest BCUT2D eigenvalue weighted by Gasteiger charge is 2.21. The number of allylic oxidation sites excluding steroid dienone is 2. The fraction of sp³-hybridized carbons (Fsp3) is 0.875. The zero-order chi connectivity index (χ0) is 12.8. The Morgan fingerprint density at radius 1 is 1.00 bits per heavy atom. The van der Waals surface area contributed by atoms with Crippen molar-refractivity contribution in [3.8, 4) is 0 Å². The van der Waals surface area contributed by atoms with Crippen molar-refractivity contribution < 1.29 is 0 Å². The van der Waals surface area contributed by atoms with E-state index in [0.717, 1.165) is 11.8 Å². The molecule has 0 amide bonds. The molecule has 1 rings (SSSR count). The van der Waals surface area contributed by atoms with E-state index >= 15 is 0 Å². The van der Waals surface area contributed by atoms with Gasteiger partial charge in [0.15, 0.2) is 0 Å². The van der Waals surface area contributed by atoms with Gasteiger partial charge in [-0.3, -0.25) is 0 Å². The van der Waals surface area contributed by atoms with Gasteiger partial charge in [0.05, 0.1) is 0 Å². The predicted octanol–water partition coefficient (Wildman–Crippen LogP) is 6.22. The van der Waals surface area contributed by atoms with Gasteiger partial charge < -0.3 is 0 Å². The summed E-state index contributed by atoms with van der Waals surface area (Å²) in [6, 6.07) is 0. The molecule has 1 saturated carbocycles. The summed E-state index contributed by atoms with van der Waals surface area (Å²) in [5, 5.41) is 0. The molecule has 0 aromatic carbocycles. The van der Waals surface area contributed by atoms with Crippen molar-refractivity contribution in [3.63, 3.8) is 0 Å². The molecule has 1 aliphatic carbocycles. The molecular weight excluding hydrogens is 192 g/mol. The average Bonchev–Trinajstić information content (AvgIpc) is 2.37. The first-order valence-electron chi connectivity index (χ1n) is 7.51. The van der Waals surface area contributed by atoms with Crippen LogP contribution in [0.25, 0.3) is 0 Å². The second kappa shape index (κ2) is 14.7. The number of rotatable bonds is 3. The van der Waals surface area contributed by atoms with Gasteiger partial charge >= 0.3 is 0 Å². The maximum absolute atomic E-state index is 2.43. The van der Waals surface area contributed by atoms with Crippen molar-refractivity contribution in [2.75, 3.05) is 0 Å². The minimum absolute atomic E-state index is 0.906. The molecule has 0 radical (unpaired) electrons. The molecule has 0 heteroatoms. The lowest BCUT2D eigenvalue weighted by Crippen LogP contribution is -2.17. The van der Waals surface area contributed by atoms with Gasteiger partial charge in [0, 0.05) is 0 Å². The van der Waals surface area contributed by atoms with Crippen molar-refractivity contribution >= 4 is 0 Å². The number of hydrogen-bond acceptors (Lipinski definition) is 0. The molecule has 16 heavy (non-hydrogen) atoms. The van der Waals surface area contributed by atoms with Crippen LogP contribution in [-0.4, -0.2) is 0 Å². The number of hydrogen-bond donors (Lipinski definition) is 0. The Hall–Kier alpha value is -0.260. The van der Waals surface area contributed by atoms with Crippen LogP contribution >= 0.6 is 0 Å². The van der Waals surface area contributed by atoms with Crippen molar-refractivity contribution in [3.05, 3.63) is 12.2 Å². The normalized spacial score (nSPS) is 24.1. The van der Waals surface area contributed by atoms with Gasteiger partial charge in [-0.05, 0) is 31.6 Å². The van der Waals surface area contributed by atoms with E-state index in [0.29, 0.717) is 0 Å². The van der Waals surface area contributed by atoms with Gasteiger partial charge in [0.25, 0.3) is 0 Å².